The second-order valence-corrected chi connectivity index (χ2v) is 5.79. The van der Waals surface area contributed by atoms with Gasteiger partial charge in [0, 0.05) is 11.6 Å². The summed E-state index contributed by atoms with van der Waals surface area (Å²) in [5.74, 6) is 0.0904. The minimum absolute atomic E-state index is 0.00364. The number of nitrogens with one attached hydrogen (secondary N) is 1. The maximum Gasteiger partial charge on any atom is 0.153 e. The molecule has 0 aliphatic heterocycles. The highest BCUT2D eigenvalue weighted by Gasteiger charge is 2.19. The molecule has 1 aliphatic rings. The number of nitrogens with zero attached hydrogens (tertiary/aromatic N) is 2. The molecule has 1 aromatic heterocycles. The van der Waals surface area contributed by atoms with Crippen LogP contribution in [0.3, 0.4) is 0 Å². The van der Waals surface area contributed by atoms with Crippen LogP contribution in [0.2, 0.25) is 0 Å². The second kappa shape index (κ2) is 6.83. The summed E-state index contributed by atoms with van der Waals surface area (Å²) < 4.78 is 13.4. The number of carbonyl (C=O) groups excluding carboxylic acids is 1. The fourth-order valence-corrected chi connectivity index (χ4v) is 2.80. The van der Waals surface area contributed by atoms with Gasteiger partial charge in [0.25, 0.3) is 0 Å². The molecule has 0 amide bonds. The van der Waals surface area contributed by atoms with Gasteiger partial charge < -0.3 is 10.4 Å². The van der Waals surface area contributed by atoms with Gasteiger partial charge in [0.05, 0.1) is 29.8 Å². The molecule has 3 rings (SSSR count). The molecule has 23 heavy (non-hydrogen) atoms. The van der Waals surface area contributed by atoms with Crippen LogP contribution in [0.4, 0.5) is 10.2 Å². The van der Waals surface area contributed by atoms with Crippen LogP contribution in [-0.4, -0.2) is 33.5 Å². The van der Waals surface area contributed by atoms with E-state index in [1.54, 1.807) is 18.5 Å². The largest absolute Gasteiger partial charge is 0.393 e. The molecule has 2 N–H and O–H groups in total. The van der Waals surface area contributed by atoms with E-state index in [0.29, 0.717) is 23.4 Å². The van der Waals surface area contributed by atoms with E-state index in [1.807, 2.05) is 0 Å². The number of aromatic nitrogens is 2. The SMILES string of the molecule is O=Cc1cc(-c2cncc(NC3CCC(O)CC3)n2)ccc1F. The zero-order valence-corrected chi connectivity index (χ0v) is 12.6. The molecule has 1 heterocycles. The smallest absolute Gasteiger partial charge is 0.153 e. The minimum Gasteiger partial charge on any atom is -0.393 e. The van der Waals surface area contributed by atoms with Crippen molar-refractivity contribution >= 4 is 12.1 Å². The summed E-state index contributed by atoms with van der Waals surface area (Å²) in [5, 5.41) is 12.9. The van der Waals surface area contributed by atoms with E-state index >= 15 is 0 Å². The van der Waals surface area contributed by atoms with Crippen LogP contribution in [0.5, 0.6) is 0 Å². The second-order valence-electron chi connectivity index (χ2n) is 5.79. The summed E-state index contributed by atoms with van der Waals surface area (Å²) in [6, 6.07) is 4.56. The van der Waals surface area contributed by atoms with E-state index in [1.165, 1.54) is 12.1 Å². The minimum atomic E-state index is -0.549. The molecule has 1 aliphatic carbocycles. The Kier molecular flexibility index (Phi) is 4.62. The van der Waals surface area contributed by atoms with Gasteiger partial charge in [-0.1, -0.05) is 0 Å². The van der Waals surface area contributed by atoms with Gasteiger partial charge in [0.2, 0.25) is 0 Å². The van der Waals surface area contributed by atoms with E-state index in [4.69, 9.17) is 0 Å². The maximum atomic E-state index is 13.4. The normalized spacial score (nSPS) is 21.0. The van der Waals surface area contributed by atoms with Gasteiger partial charge in [0.15, 0.2) is 6.29 Å². The Morgan fingerprint density at radius 1 is 1.22 bits per heavy atom. The number of benzene rings is 1. The lowest BCUT2D eigenvalue weighted by Gasteiger charge is -2.26. The Bertz CT molecular complexity index is 700. The lowest BCUT2D eigenvalue weighted by molar-refractivity contribution is 0.111. The number of carbonyl (C=O) groups is 1. The molecule has 5 nitrogen and oxygen atoms in total. The van der Waals surface area contributed by atoms with E-state index in [0.717, 1.165) is 25.7 Å². The first-order valence-corrected chi connectivity index (χ1v) is 7.67. The highest BCUT2D eigenvalue weighted by Crippen LogP contribution is 2.23. The maximum absolute atomic E-state index is 13.4. The molecule has 0 spiro atoms. The van der Waals surface area contributed by atoms with Crippen molar-refractivity contribution in [3.8, 4) is 11.3 Å². The third-order valence-electron chi connectivity index (χ3n) is 4.10. The summed E-state index contributed by atoms with van der Waals surface area (Å²) in [5.41, 5.74) is 1.22. The average Bonchev–Trinajstić information content (AvgIpc) is 2.58. The number of aliphatic hydroxyl groups is 1. The van der Waals surface area contributed by atoms with Crippen molar-refractivity contribution in [3.63, 3.8) is 0 Å². The Hall–Kier alpha value is -2.34. The predicted molar refractivity (Wildman–Crippen MR) is 84.7 cm³/mol. The van der Waals surface area contributed by atoms with Crippen molar-refractivity contribution in [3.05, 3.63) is 42.0 Å². The molecule has 0 saturated heterocycles. The Balaban J connectivity index is 1.78. The molecule has 120 valence electrons. The monoisotopic (exact) mass is 315 g/mol. The molecule has 1 saturated carbocycles. The predicted octanol–water partition coefficient (Wildman–Crippen LogP) is 2.81. The first kappa shape index (κ1) is 15.6. The molecule has 1 fully saturated rings. The summed E-state index contributed by atoms with van der Waals surface area (Å²) in [6.07, 6.45) is 6.85. The van der Waals surface area contributed by atoms with Crippen molar-refractivity contribution < 1.29 is 14.3 Å². The van der Waals surface area contributed by atoms with Gasteiger partial charge in [-0.05, 0) is 43.9 Å². The summed E-state index contributed by atoms with van der Waals surface area (Å²) in [7, 11) is 0. The van der Waals surface area contributed by atoms with Gasteiger partial charge in [-0.25, -0.2) is 9.37 Å². The number of hydrogen-bond donors (Lipinski definition) is 2. The summed E-state index contributed by atoms with van der Waals surface area (Å²) in [4.78, 5) is 19.5. The van der Waals surface area contributed by atoms with E-state index < -0.39 is 5.82 Å². The molecule has 6 heteroatoms. The number of halogens is 1. The van der Waals surface area contributed by atoms with Gasteiger partial charge in [-0.2, -0.15) is 0 Å². The number of hydrogen-bond acceptors (Lipinski definition) is 5. The van der Waals surface area contributed by atoms with Crippen molar-refractivity contribution in [2.75, 3.05) is 5.32 Å². The van der Waals surface area contributed by atoms with Crippen molar-refractivity contribution in [1.82, 2.24) is 9.97 Å². The van der Waals surface area contributed by atoms with Crippen LogP contribution in [0.15, 0.2) is 30.6 Å². The van der Waals surface area contributed by atoms with E-state index in [9.17, 15) is 14.3 Å². The molecule has 0 unspecified atom stereocenters. The summed E-state index contributed by atoms with van der Waals surface area (Å²) >= 11 is 0. The molecular weight excluding hydrogens is 297 g/mol. The van der Waals surface area contributed by atoms with Crippen molar-refractivity contribution in [2.45, 2.75) is 37.8 Å². The third-order valence-corrected chi connectivity index (χ3v) is 4.10. The highest BCUT2D eigenvalue weighted by molar-refractivity contribution is 5.78. The fourth-order valence-electron chi connectivity index (χ4n) is 2.80. The standard InChI is InChI=1S/C17H18FN3O2/c18-15-6-1-11(7-12(15)10-22)16-8-19-9-17(21-16)20-13-2-4-14(23)5-3-13/h1,6-10,13-14,23H,2-5H2,(H,20,21). The van der Waals surface area contributed by atoms with Crippen molar-refractivity contribution in [2.24, 2.45) is 0 Å². The fraction of sp³-hybridized carbons (Fsp3) is 0.353. The van der Waals surface area contributed by atoms with E-state index in [-0.39, 0.29) is 17.7 Å². The Morgan fingerprint density at radius 3 is 2.74 bits per heavy atom. The van der Waals surface area contributed by atoms with E-state index in [2.05, 4.69) is 15.3 Å². The zero-order chi connectivity index (χ0) is 16.2. The first-order chi connectivity index (χ1) is 11.2. The zero-order valence-electron chi connectivity index (χ0n) is 12.6. The van der Waals surface area contributed by atoms with Gasteiger partial charge >= 0.3 is 0 Å². The molecule has 0 atom stereocenters. The van der Waals surface area contributed by atoms with Crippen LogP contribution >= 0.6 is 0 Å². The third kappa shape index (κ3) is 3.71. The van der Waals surface area contributed by atoms with Crippen LogP contribution < -0.4 is 5.32 Å². The van der Waals surface area contributed by atoms with Crippen molar-refractivity contribution in [1.29, 1.82) is 0 Å². The number of rotatable bonds is 4. The molecule has 1 aromatic carbocycles. The quantitative estimate of drug-likeness (QED) is 0.849. The number of anilines is 1. The van der Waals surface area contributed by atoms with Crippen LogP contribution in [0, 0.1) is 5.82 Å². The topological polar surface area (TPSA) is 75.1 Å². The van der Waals surface area contributed by atoms with Crippen LogP contribution in [0.1, 0.15) is 36.0 Å². The van der Waals surface area contributed by atoms with Gasteiger partial charge in [0.1, 0.15) is 11.6 Å². The molecule has 0 radical (unpaired) electrons. The highest BCUT2D eigenvalue weighted by atomic mass is 19.1. The average molecular weight is 315 g/mol. The number of aliphatic hydroxyl groups excluding tert-OH is 1. The lowest BCUT2D eigenvalue weighted by atomic mass is 9.93. The molecular formula is C17H18FN3O2. The molecule has 0 bridgehead atoms. The lowest BCUT2D eigenvalue weighted by Crippen LogP contribution is -2.28. The molecule has 2 aromatic rings. The van der Waals surface area contributed by atoms with Gasteiger partial charge in [-0.15, -0.1) is 0 Å². The Labute approximate surface area is 133 Å². The van der Waals surface area contributed by atoms with Gasteiger partial charge in [-0.3, -0.25) is 9.78 Å². The van der Waals surface area contributed by atoms with Crippen LogP contribution in [-0.2, 0) is 0 Å². The Morgan fingerprint density at radius 2 is 2.00 bits per heavy atom. The number of aldehydes is 1. The van der Waals surface area contributed by atoms with Crippen LogP contribution in [0.25, 0.3) is 11.3 Å². The summed E-state index contributed by atoms with van der Waals surface area (Å²) in [6.45, 7) is 0. The first-order valence-electron chi connectivity index (χ1n) is 7.67.